The Morgan fingerprint density at radius 2 is 1.86 bits per heavy atom. The second-order valence-corrected chi connectivity index (χ2v) is 6.67. The lowest BCUT2D eigenvalue weighted by atomic mass is 10.1. The molecular formula is C22H29N5O. The molecule has 3 aromatic rings. The van der Waals surface area contributed by atoms with Gasteiger partial charge in [-0.1, -0.05) is 42.5 Å². The molecule has 0 fully saturated rings. The zero-order valence-corrected chi connectivity index (χ0v) is 16.9. The van der Waals surface area contributed by atoms with Crippen molar-refractivity contribution in [3.8, 4) is 0 Å². The second kappa shape index (κ2) is 9.90. The Balaban J connectivity index is 1.47. The van der Waals surface area contributed by atoms with Gasteiger partial charge < -0.3 is 19.9 Å². The topological polar surface area (TPSA) is 63.5 Å². The summed E-state index contributed by atoms with van der Waals surface area (Å²) in [5, 5.41) is 6.73. The minimum Gasteiger partial charge on any atom is -0.375 e. The molecule has 6 heteroatoms. The monoisotopic (exact) mass is 379 g/mol. The number of aliphatic imine (C=N–C) groups is 1. The van der Waals surface area contributed by atoms with Crippen LogP contribution in [-0.4, -0.2) is 42.8 Å². The molecule has 28 heavy (non-hydrogen) atoms. The van der Waals surface area contributed by atoms with Crippen LogP contribution in [0.5, 0.6) is 0 Å². The van der Waals surface area contributed by atoms with E-state index in [9.17, 15) is 0 Å². The first-order valence-electron chi connectivity index (χ1n) is 9.67. The Bertz CT molecular complexity index is 904. The van der Waals surface area contributed by atoms with Gasteiger partial charge in [-0.25, -0.2) is 4.98 Å². The van der Waals surface area contributed by atoms with Gasteiger partial charge in [0, 0.05) is 33.8 Å². The lowest BCUT2D eigenvalue weighted by Crippen LogP contribution is -2.40. The normalized spacial score (nSPS) is 12.9. The fraction of sp³-hybridized carbons (Fsp3) is 0.364. The number of para-hydroxylation sites is 2. The Kier molecular flexibility index (Phi) is 7.03. The van der Waals surface area contributed by atoms with Crippen molar-refractivity contribution in [2.24, 2.45) is 4.99 Å². The number of aromatic nitrogens is 2. The van der Waals surface area contributed by atoms with Gasteiger partial charge in [0.1, 0.15) is 5.82 Å². The largest absolute Gasteiger partial charge is 0.375 e. The summed E-state index contributed by atoms with van der Waals surface area (Å²) in [5.74, 6) is 1.83. The zero-order chi connectivity index (χ0) is 19.8. The van der Waals surface area contributed by atoms with E-state index in [2.05, 4.69) is 62.4 Å². The molecule has 0 bridgehead atoms. The number of nitrogens with zero attached hydrogens (tertiary/aromatic N) is 3. The number of ether oxygens (including phenoxy) is 1. The van der Waals surface area contributed by atoms with Gasteiger partial charge in [0.15, 0.2) is 5.96 Å². The summed E-state index contributed by atoms with van der Waals surface area (Å²) in [6.45, 7) is 4.46. The molecule has 0 saturated carbocycles. The number of rotatable bonds is 8. The first kappa shape index (κ1) is 19.9. The second-order valence-electron chi connectivity index (χ2n) is 6.67. The van der Waals surface area contributed by atoms with Gasteiger partial charge >= 0.3 is 0 Å². The maximum atomic E-state index is 5.60. The molecule has 0 spiro atoms. The molecule has 1 atom stereocenters. The van der Waals surface area contributed by atoms with Crippen LogP contribution in [0.15, 0.2) is 59.6 Å². The molecule has 148 valence electrons. The van der Waals surface area contributed by atoms with E-state index >= 15 is 0 Å². The maximum absolute atomic E-state index is 5.60. The Hall–Kier alpha value is -2.86. The molecule has 3 rings (SSSR count). The first-order valence-corrected chi connectivity index (χ1v) is 9.67. The number of hydrogen-bond acceptors (Lipinski definition) is 3. The number of benzene rings is 2. The van der Waals surface area contributed by atoms with Crippen LogP contribution < -0.4 is 10.6 Å². The maximum Gasteiger partial charge on any atom is 0.191 e. The first-order chi connectivity index (χ1) is 13.7. The lowest BCUT2D eigenvalue weighted by molar-refractivity contribution is 0.106. The van der Waals surface area contributed by atoms with Crippen molar-refractivity contribution < 1.29 is 4.74 Å². The summed E-state index contributed by atoms with van der Waals surface area (Å²) in [4.78, 5) is 8.93. The van der Waals surface area contributed by atoms with Crippen molar-refractivity contribution in [1.29, 1.82) is 0 Å². The number of imidazole rings is 1. The molecule has 0 aliphatic rings. The molecule has 0 radical (unpaired) electrons. The van der Waals surface area contributed by atoms with Crippen LogP contribution in [0.3, 0.4) is 0 Å². The number of hydrogen-bond donors (Lipinski definition) is 2. The molecule has 1 aromatic heterocycles. The van der Waals surface area contributed by atoms with Crippen LogP contribution in [0.25, 0.3) is 11.0 Å². The number of aryl methyl sites for hydroxylation is 2. The van der Waals surface area contributed by atoms with Crippen molar-refractivity contribution in [2.45, 2.75) is 26.0 Å². The summed E-state index contributed by atoms with van der Waals surface area (Å²) in [7, 11) is 3.51. The minimum absolute atomic E-state index is 0.0142. The van der Waals surface area contributed by atoms with E-state index in [0.29, 0.717) is 6.54 Å². The van der Waals surface area contributed by atoms with E-state index < -0.39 is 0 Å². The van der Waals surface area contributed by atoms with Crippen molar-refractivity contribution >= 4 is 17.0 Å². The predicted octanol–water partition coefficient (Wildman–Crippen LogP) is 3.29. The fourth-order valence-electron chi connectivity index (χ4n) is 3.34. The van der Waals surface area contributed by atoms with Crippen LogP contribution >= 0.6 is 0 Å². The van der Waals surface area contributed by atoms with E-state index in [4.69, 9.17) is 4.74 Å². The molecule has 1 unspecified atom stereocenters. The zero-order valence-electron chi connectivity index (χ0n) is 16.9. The predicted molar refractivity (Wildman–Crippen MR) is 115 cm³/mol. The third-order valence-electron chi connectivity index (χ3n) is 4.83. The lowest BCUT2D eigenvalue weighted by Gasteiger charge is -2.19. The van der Waals surface area contributed by atoms with Gasteiger partial charge in [-0.2, -0.15) is 0 Å². The van der Waals surface area contributed by atoms with Crippen molar-refractivity contribution in [1.82, 2.24) is 20.2 Å². The van der Waals surface area contributed by atoms with Gasteiger partial charge in [0.25, 0.3) is 0 Å². The summed E-state index contributed by atoms with van der Waals surface area (Å²) >= 11 is 0. The molecule has 0 aliphatic carbocycles. The number of nitrogens with one attached hydrogen (secondary N) is 2. The van der Waals surface area contributed by atoms with Gasteiger partial charge in [0.2, 0.25) is 0 Å². The van der Waals surface area contributed by atoms with Crippen LogP contribution in [0.2, 0.25) is 0 Å². The molecule has 2 aromatic carbocycles. The Morgan fingerprint density at radius 1 is 1.11 bits per heavy atom. The van der Waals surface area contributed by atoms with Crippen LogP contribution in [0.1, 0.15) is 23.9 Å². The van der Waals surface area contributed by atoms with Crippen LogP contribution in [0, 0.1) is 6.92 Å². The number of fused-ring (bicyclic) bond motifs is 1. The van der Waals surface area contributed by atoms with E-state index in [0.717, 1.165) is 42.4 Å². The Morgan fingerprint density at radius 3 is 2.61 bits per heavy atom. The molecule has 0 amide bonds. The fourth-order valence-corrected chi connectivity index (χ4v) is 3.34. The van der Waals surface area contributed by atoms with Crippen molar-refractivity contribution in [3.05, 3.63) is 66.0 Å². The molecule has 0 saturated heterocycles. The summed E-state index contributed by atoms with van der Waals surface area (Å²) in [5.41, 5.74) is 3.39. The SMILES string of the molecule is CN=C(NCCCn1c(C)nc2ccccc21)NCC(OC)c1ccccc1. The molecular weight excluding hydrogens is 350 g/mol. The van der Waals surface area contributed by atoms with Crippen LogP contribution in [0.4, 0.5) is 0 Å². The van der Waals surface area contributed by atoms with E-state index in [1.54, 1.807) is 14.2 Å². The summed E-state index contributed by atoms with van der Waals surface area (Å²) in [6.07, 6.45) is 0.966. The van der Waals surface area contributed by atoms with Gasteiger partial charge in [-0.05, 0) is 31.0 Å². The van der Waals surface area contributed by atoms with Crippen LogP contribution in [-0.2, 0) is 11.3 Å². The quantitative estimate of drug-likeness (QED) is 0.358. The highest BCUT2D eigenvalue weighted by Gasteiger charge is 2.11. The summed E-state index contributed by atoms with van der Waals surface area (Å²) in [6, 6.07) is 18.5. The molecule has 2 N–H and O–H groups in total. The highest BCUT2D eigenvalue weighted by atomic mass is 16.5. The average Bonchev–Trinajstić information content (AvgIpc) is 3.06. The number of methoxy groups -OCH3 is 1. The van der Waals surface area contributed by atoms with E-state index in [-0.39, 0.29) is 6.10 Å². The van der Waals surface area contributed by atoms with Crippen molar-refractivity contribution in [3.63, 3.8) is 0 Å². The molecule has 6 nitrogen and oxygen atoms in total. The number of guanidine groups is 1. The Labute approximate surface area is 166 Å². The average molecular weight is 380 g/mol. The third-order valence-corrected chi connectivity index (χ3v) is 4.83. The summed E-state index contributed by atoms with van der Waals surface area (Å²) < 4.78 is 7.87. The third kappa shape index (κ3) is 4.89. The smallest absolute Gasteiger partial charge is 0.191 e. The van der Waals surface area contributed by atoms with Gasteiger partial charge in [-0.15, -0.1) is 0 Å². The van der Waals surface area contributed by atoms with E-state index in [1.165, 1.54) is 5.52 Å². The highest BCUT2D eigenvalue weighted by Crippen LogP contribution is 2.16. The standard InChI is InChI=1S/C22H29N5O/c1-17-26-19-12-7-8-13-20(19)27(17)15-9-14-24-22(23-2)25-16-21(28-3)18-10-5-4-6-11-18/h4-8,10-13,21H,9,14-16H2,1-3H3,(H2,23,24,25). The molecule has 0 aliphatic heterocycles. The van der Waals surface area contributed by atoms with Gasteiger partial charge in [-0.3, -0.25) is 4.99 Å². The molecule has 1 heterocycles. The highest BCUT2D eigenvalue weighted by molar-refractivity contribution is 5.79. The van der Waals surface area contributed by atoms with Crippen molar-refractivity contribution in [2.75, 3.05) is 27.2 Å². The van der Waals surface area contributed by atoms with E-state index in [1.807, 2.05) is 24.3 Å². The van der Waals surface area contributed by atoms with Gasteiger partial charge in [0.05, 0.1) is 17.1 Å². The minimum atomic E-state index is -0.0142.